The van der Waals surface area contributed by atoms with Crippen LogP contribution in [0.4, 0.5) is 5.69 Å². The van der Waals surface area contributed by atoms with Crippen molar-refractivity contribution in [1.29, 1.82) is 0 Å². The minimum Gasteiger partial charge on any atom is -0.478 e. The molecule has 0 saturated carbocycles. The maximum atomic E-state index is 12.1. The lowest BCUT2D eigenvalue weighted by Crippen LogP contribution is -2.17. The molecule has 1 heterocycles. The highest BCUT2D eigenvalue weighted by molar-refractivity contribution is 14.1. The van der Waals surface area contributed by atoms with E-state index in [4.69, 9.17) is 9.63 Å². The van der Waals surface area contributed by atoms with Gasteiger partial charge in [0.2, 0.25) is 5.91 Å². The number of nitrogens with zero attached hydrogens (tertiary/aromatic N) is 1. The van der Waals surface area contributed by atoms with E-state index < -0.39 is 5.97 Å². The smallest absolute Gasteiger partial charge is 0.337 e. The number of benzene rings is 1. The number of rotatable bonds is 4. The Bertz CT molecular complexity index is 689. The molecule has 0 atom stereocenters. The standard InChI is InChI=1S/C14H13IN2O4/c1-7-10(8(2)21-17-7)6-13(18)16-12-4-3-9(15)5-11(12)14(19)20/h3-5H,6H2,1-2H3,(H,16,18)(H,19,20). The summed E-state index contributed by atoms with van der Waals surface area (Å²) in [5.41, 5.74) is 1.72. The number of carboxylic acids is 1. The highest BCUT2D eigenvalue weighted by Crippen LogP contribution is 2.20. The van der Waals surface area contributed by atoms with Crippen molar-refractivity contribution in [2.75, 3.05) is 5.32 Å². The van der Waals surface area contributed by atoms with Crippen molar-refractivity contribution < 1.29 is 19.2 Å². The first-order valence-electron chi connectivity index (χ1n) is 6.13. The quantitative estimate of drug-likeness (QED) is 0.771. The van der Waals surface area contributed by atoms with Crippen molar-refractivity contribution in [3.63, 3.8) is 0 Å². The van der Waals surface area contributed by atoms with Crippen molar-refractivity contribution in [2.45, 2.75) is 20.3 Å². The van der Waals surface area contributed by atoms with E-state index in [1.807, 2.05) is 22.6 Å². The monoisotopic (exact) mass is 400 g/mol. The number of hydrogen-bond donors (Lipinski definition) is 2. The third kappa shape index (κ3) is 3.60. The Kier molecular flexibility index (Phi) is 4.61. The molecular weight excluding hydrogens is 387 g/mol. The molecule has 0 saturated heterocycles. The van der Waals surface area contributed by atoms with Gasteiger partial charge in [0, 0.05) is 9.13 Å². The Hall–Kier alpha value is -1.90. The molecule has 2 aromatic rings. The predicted octanol–water partition coefficient (Wildman–Crippen LogP) is 2.78. The van der Waals surface area contributed by atoms with Crippen molar-refractivity contribution >= 4 is 40.2 Å². The molecule has 110 valence electrons. The van der Waals surface area contributed by atoms with E-state index in [-0.39, 0.29) is 23.6 Å². The van der Waals surface area contributed by atoms with E-state index in [1.54, 1.807) is 26.0 Å². The molecule has 0 bridgehead atoms. The van der Waals surface area contributed by atoms with Gasteiger partial charge in [-0.15, -0.1) is 0 Å². The van der Waals surface area contributed by atoms with Crippen LogP contribution >= 0.6 is 22.6 Å². The third-order valence-electron chi connectivity index (χ3n) is 3.00. The van der Waals surface area contributed by atoms with Crippen LogP contribution in [0.3, 0.4) is 0 Å². The van der Waals surface area contributed by atoms with Crippen LogP contribution in [0.5, 0.6) is 0 Å². The van der Waals surface area contributed by atoms with E-state index in [2.05, 4.69) is 10.5 Å². The maximum absolute atomic E-state index is 12.1. The van der Waals surface area contributed by atoms with E-state index in [9.17, 15) is 9.59 Å². The topological polar surface area (TPSA) is 92.4 Å². The second kappa shape index (κ2) is 6.25. The van der Waals surface area contributed by atoms with E-state index in [0.717, 1.165) is 9.13 Å². The van der Waals surface area contributed by atoms with E-state index >= 15 is 0 Å². The number of aromatic carboxylic acids is 1. The molecule has 0 aliphatic carbocycles. The molecule has 1 amide bonds. The number of aromatic nitrogens is 1. The SMILES string of the molecule is Cc1noc(C)c1CC(=O)Nc1ccc(I)cc1C(=O)O. The molecule has 2 rings (SSSR count). The average Bonchev–Trinajstić information content (AvgIpc) is 2.72. The fourth-order valence-electron chi connectivity index (χ4n) is 1.91. The lowest BCUT2D eigenvalue weighted by atomic mass is 10.1. The molecule has 1 aromatic heterocycles. The number of hydrogen-bond acceptors (Lipinski definition) is 4. The molecule has 0 radical (unpaired) electrons. The van der Waals surface area contributed by atoms with E-state index in [1.165, 1.54) is 6.07 Å². The van der Waals surface area contributed by atoms with Gasteiger partial charge in [0.1, 0.15) is 5.76 Å². The molecule has 7 heteroatoms. The minimum absolute atomic E-state index is 0.0639. The second-order valence-electron chi connectivity index (χ2n) is 4.52. The van der Waals surface area contributed by atoms with Crippen molar-refractivity contribution in [2.24, 2.45) is 0 Å². The summed E-state index contributed by atoms with van der Waals surface area (Å²) in [4.78, 5) is 23.3. The van der Waals surface area contributed by atoms with Gasteiger partial charge in [-0.1, -0.05) is 5.16 Å². The number of nitrogens with one attached hydrogen (secondary N) is 1. The van der Waals surface area contributed by atoms with Crippen LogP contribution in [0.1, 0.15) is 27.4 Å². The van der Waals surface area contributed by atoms with Gasteiger partial charge in [-0.2, -0.15) is 0 Å². The van der Waals surface area contributed by atoms with Crippen LogP contribution in [0, 0.1) is 17.4 Å². The summed E-state index contributed by atoms with van der Waals surface area (Å²) >= 11 is 2.02. The molecule has 0 fully saturated rings. The maximum Gasteiger partial charge on any atom is 0.337 e. The molecule has 0 aliphatic heterocycles. The third-order valence-corrected chi connectivity index (χ3v) is 3.68. The Morgan fingerprint density at radius 1 is 1.38 bits per heavy atom. The number of carbonyl (C=O) groups excluding carboxylic acids is 1. The summed E-state index contributed by atoms with van der Waals surface area (Å²) in [7, 11) is 0. The van der Waals surface area contributed by atoms with Gasteiger partial charge >= 0.3 is 5.97 Å². The molecule has 0 aliphatic rings. The Morgan fingerprint density at radius 3 is 2.67 bits per heavy atom. The lowest BCUT2D eigenvalue weighted by molar-refractivity contribution is -0.115. The van der Waals surface area contributed by atoms with Crippen LogP contribution in [0.2, 0.25) is 0 Å². The van der Waals surface area contributed by atoms with Crippen molar-refractivity contribution in [3.05, 3.63) is 44.4 Å². The Morgan fingerprint density at radius 2 is 2.10 bits per heavy atom. The molecule has 0 unspecified atom stereocenters. The van der Waals surface area contributed by atoms with E-state index in [0.29, 0.717) is 11.5 Å². The summed E-state index contributed by atoms with van der Waals surface area (Å²) < 4.78 is 5.78. The molecule has 1 aromatic carbocycles. The van der Waals surface area contributed by atoms with Crippen LogP contribution in [-0.4, -0.2) is 22.1 Å². The number of carboxylic acid groups (broad SMARTS) is 1. The predicted molar refractivity (Wildman–Crippen MR) is 84.4 cm³/mol. The first kappa shape index (κ1) is 15.5. The van der Waals surface area contributed by atoms with Crippen LogP contribution < -0.4 is 5.32 Å². The zero-order valence-electron chi connectivity index (χ0n) is 11.4. The Balaban J connectivity index is 2.19. The number of carbonyl (C=O) groups is 2. The summed E-state index contributed by atoms with van der Waals surface area (Å²) in [6, 6.07) is 4.82. The normalized spacial score (nSPS) is 10.4. The van der Waals surface area contributed by atoms with Crippen molar-refractivity contribution in [1.82, 2.24) is 5.16 Å². The first-order valence-corrected chi connectivity index (χ1v) is 7.21. The average molecular weight is 400 g/mol. The highest BCUT2D eigenvalue weighted by Gasteiger charge is 2.16. The van der Waals surface area contributed by atoms with Crippen LogP contribution in [0.15, 0.2) is 22.7 Å². The summed E-state index contributed by atoms with van der Waals surface area (Å²) in [5, 5.41) is 15.6. The minimum atomic E-state index is -1.08. The van der Waals surface area contributed by atoms with Gasteiger partial charge in [-0.3, -0.25) is 4.79 Å². The first-order chi connectivity index (χ1) is 9.88. The van der Waals surface area contributed by atoms with Gasteiger partial charge in [0.05, 0.1) is 23.4 Å². The zero-order chi connectivity index (χ0) is 15.6. The second-order valence-corrected chi connectivity index (χ2v) is 5.77. The largest absolute Gasteiger partial charge is 0.478 e. The molecular formula is C14H13IN2O4. The lowest BCUT2D eigenvalue weighted by Gasteiger charge is -2.09. The summed E-state index contributed by atoms with van der Waals surface area (Å²) in [6.45, 7) is 3.49. The Labute approximate surface area is 134 Å². The summed E-state index contributed by atoms with van der Waals surface area (Å²) in [5.74, 6) is -0.807. The number of anilines is 1. The van der Waals surface area contributed by atoms with Gasteiger partial charge in [-0.05, 0) is 54.6 Å². The van der Waals surface area contributed by atoms with Gasteiger partial charge < -0.3 is 14.9 Å². The molecule has 21 heavy (non-hydrogen) atoms. The number of aryl methyl sites for hydroxylation is 2. The van der Waals surface area contributed by atoms with Crippen LogP contribution in [0.25, 0.3) is 0 Å². The van der Waals surface area contributed by atoms with Gasteiger partial charge in [0.25, 0.3) is 0 Å². The van der Waals surface area contributed by atoms with Crippen LogP contribution in [-0.2, 0) is 11.2 Å². The van der Waals surface area contributed by atoms with Crippen molar-refractivity contribution in [3.8, 4) is 0 Å². The fraction of sp³-hybridized carbons (Fsp3) is 0.214. The number of halogens is 1. The molecule has 6 nitrogen and oxygen atoms in total. The zero-order valence-corrected chi connectivity index (χ0v) is 13.6. The van der Waals surface area contributed by atoms with Gasteiger partial charge in [0.15, 0.2) is 0 Å². The van der Waals surface area contributed by atoms with Gasteiger partial charge in [-0.25, -0.2) is 4.79 Å². The molecule has 2 N–H and O–H groups in total. The molecule has 0 spiro atoms. The number of amides is 1. The summed E-state index contributed by atoms with van der Waals surface area (Å²) in [6.07, 6.45) is 0.0895. The fourth-order valence-corrected chi connectivity index (χ4v) is 2.40. The highest BCUT2D eigenvalue weighted by atomic mass is 127.